The van der Waals surface area contributed by atoms with E-state index < -0.39 is 0 Å². The molecule has 0 aromatic rings. The van der Waals surface area contributed by atoms with E-state index in [4.69, 9.17) is 4.74 Å². The molecule has 0 saturated carbocycles. The number of thioether (sulfide) groups is 1. The van der Waals surface area contributed by atoms with Crippen LogP contribution in [0.2, 0.25) is 0 Å². The second-order valence-corrected chi connectivity index (χ2v) is 4.96. The number of rotatable bonds is 3. The highest BCUT2D eigenvalue weighted by molar-refractivity contribution is 7.98. The largest absolute Gasteiger partial charge is 0.446 e. The molecule has 0 aliphatic carbocycles. The number of amides is 1. The second kappa shape index (κ2) is 5.37. The molecule has 1 atom stereocenters. The minimum absolute atomic E-state index is 0.0302. The molecular formula is C9H19NO2S. The van der Waals surface area contributed by atoms with Gasteiger partial charge < -0.3 is 10.1 Å². The first-order valence-corrected chi connectivity index (χ1v) is 5.72. The predicted octanol–water partition coefficient (Wildman–Crippen LogP) is 2.26. The summed E-state index contributed by atoms with van der Waals surface area (Å²) >= 11 is 1.66. The average molecular weight is 205 g/mol. The van der Waals surface area contributed by atoms with E-state index in [9.17, 15) is 4.79 Å². The minimum atomic E-state index is -0.339. The summed E-state index contributed by atoms with van der Waals surface area (Å²) in [6, 6.07) is 0. The van der Waals surface area contributed by atoms with E-state index in [1.807, 2.05) is 34.0 Å². The summed E-state index contributed by atoms with van der Waals surface area (Å²) < 4.78 is 5.10. The first-order valence-electron chi connectivity index (χ1n) is 4.33. The van der Waals surface area contributed by atoms with Crippen molar-refractivity contribution in [1.29, 1.82) is 0 Å². The highest BCUT2D eigenvalue weighted by Gasteiger charge is 2.16. The normalized spacial score (nSPS) is 13.6. The summed E-state index contributed by atoms with van der Waals surface area (Å²) in [5.74, 6) is 0.831. The van der Waals surface area contributed by atoms with Crippen molar-refractivity contribution in [2.24, 2.45) is 0 Å². The average Bonchev–Trinajstić information content (AvgIpc) is 1.81. The Hall–Kier alpha value is -0.380. The number of hydrogen-bond donors (Lipinski definition) is 1. The predicted molar refractivity (Wildman–Crippen MR) is 57.2 cm³/mol. The van der Waals surface area contributed by atoms with E-state index in [1.165, 1.54) is 0 Å². The van der Waals surface area contributed by atoms with Crippen LogP contribution in [0.25, 0.3) is 0 Å². The third-order valence-electron chi connectivity index (χ3n) is 1.19. The molecule has 1 N–H and O–H groups in total. The Morgan fingerprint density at radius 3 is 2.46 bits per heavy atom. The van der Waals surface area contributed by atoms with Gasteiger partial charge >= 0.3 is 6.09 Å². The van der Waals surface area contributed by atoms with Crippen molar-refractivity contribution < 1.29 is 9.53 Å². The molecule has 1 amide bonds. The van der Waals surface area contributed by atoms with Gasteiger partial charge in [0, 0.05) is 11.3 Å². The molecule has 78 valence electrons. The molecule has 0 fully saturated rings. The monoisotopic (exact) mass is 205 g/mol. The number of carbonyl (C=O) groups excluding carboxylic acids is 1. The number of ether oxygens (including phenoxy) is 1. The van der Waals surface area contributed by atoms with Gasteiger partial charge in [0.1, 0.15) is 6.10 Å². The fourth-order valence-electron chi connectivity index (χ4n) is 0.787. The van der Waals surface area contributed by atoms with Crippen molar-refractivity contribution in [3.05, 3.63) is 0 Å². The molecule has 0 spiro atoms. The van der Waals surface area contributed by atoms with Crippen molar-refractivity contribution in [2.75, 3.05) is 12.0 Å². The van der Waals surface area contributed by atoms with Crippen LogP contribution in [0.4, 0.5) is 4.79 Å². The van der Waals surface area contributed by atoms with Crippen molar-refractivity contribution in [3.63, 3.8) is 0 Å². The van der Waals surface area contributed by atoms with Crippen LogP contribution in [-0.2, 0) is 4.74 Å². The Kier molecular flexibility index (Phi) is 5.21. The van der Waals surface area contributed by atoms with Crippen LogP contribution in [0.5, 0.6) is 0 Å². The van der Waals surface area contributed by atoms with Crippen LogP contribution < -0.4 is 5.32 Å². The Bertz CT molecular complexity index is 165. The summed E-state index contributed by atoms with van der Waals surface area (Å²) in [4.78, 5) is 11.2. The van der Waals surface area contributed by atoms with Crippen LogP contribution in [-0.4, -0.2) is 29.7 Å². The van der Waals surface area contributed by atoms with E-state index >= 15 is 0 Å². The van der Waals surface area contributed by atoms with Gasteiger partial charge in [-0.05, 0) is 34.0 Å². The highest BCUT2D eigenvalue weighted by atomic mass is 32.2. The molecule has 0 bridgehead atoms. The van der Waals surface area contributed by atoms with Gasteiger partial charge in [0.15, 0.2) is 0 Å². The lowest BCUT2D eigenvalue weighted by Gasteiger charge is -2.21. The quantitative estimate of drug-likeness (QED) is 0.768. The molecule has 0 aliphatic heterocycles. The van der Waals surface area contributed by atoms with Crippen LogP contribution in [0.3, 0.4) is 0 Å². The zero-order valence-corrected chi connectivity index (χ0v) is 9.83. The van der Waals surface area contributed by atoms with Crippen molar-refractivity contribution in [1.82, 2.24) is 5.32 Å². The fourth-order valence-corrected chi connectivity index (χ4v) is 1.32. The van der Waals surface area contributed by atoms with Crippen LogP contribution >= 0.6 is 11.8 Å². The lowest BCUT2D eigenvalue weighted by Crippen LogP contribution is -2.42. The third kappa shape index (κ3) is 7.96. The maximum absolute atomic E-state index is 11.2. The van der Waals surface area contributed by atoms with E-state index in [0.717, 1.165) is 5.75 Å². The van der Waals surface area contributed by atoms with Gasteiger partial charge in [-0.2, -0.15) is 11.8 Å². The van der Waals surface area contributed by atoms with Gasteiger partial charge in [-0.25, -0.2) is 4.79 Å². The highest BCUT2D eigenvalue weighted by Crippen LogP contribution is 2.03. The zero-order valence-electron chi connectivity index (χ0n) is 9.01. The van der Waals surface area contributed by atoms with Gasteiger partial charge in [-0.15, -0.1) is 0 Å². The molecule has 0 radical (unpaired) electrons. The van der Waals surface area contributed by atoms with Gasteiger partial charge in [0.05, 0.1) is 0 Å². The molecule has 0 aliphatic rings. The number of alkyl carbamates (subject to hydrolysis) is 1. The molecule has 0 rings (SSSR count). The molecule has 0 aromatic carbocycles. The molecule has 3 nitrogen and oxygen atoms in total. The Labute approximate surface area is 84.6 Å². The van der Waals surface area contributed by atoms with Crippen molar-refractivity contribution in [3.8, 4) is 0 Å². The number of carbonyl (C=O) groups is 1. The standard InChI is InChI=1S/C9H19NO2S/c1-7(6-13-5)12-8(11)10-9(2,3)4/h7H,6H2,1-5H3,(H,10,11)/t7-/m1/s1. The molecular weight excluding hydrogens is 186 g/mol. The van der Waals surface area contributed by atoms with Crippen molar-refractivity contribution >= 4 is 17.9 Å². The maximum atomic E-state index is 11.2. The second-order valence-electron chi connectivity index (χ2n) is 4.05. The number of nitrogens with one attached hydrogen (secondary N) is 1. The SMILES string of the molecule is CSC[C@@H](C)OC(=O)NC(C)(C)C. The van der Waals surface area contributed by atoms with Crippen LogP contribution in [0.1, 0.15) is 27.7 Å². The molecule has 0 heterocycles. The van der Waals surface area contributed by atoms with Gasteiger partial charge in [0.25, 0.3) is 0 Å². The van der Waals surface area contributed by atoms with Crippen LogP contribution in [0, 0.1) is 0 Å². The Balaban J connectivity index is 3.74. The van der Waals surface area contributed by atoms with Gasteiger partial charge in [-0.3, -0.25) is 0 Å². The zero-order chi connectivity index (χ0) is 10.5. The first kappa shape index (κ1) is 12.6. The molecule has 0 saturated heterocycles. The summed E-state index contributed by atoms with van der Waals surface area (Å²) in [5.41, 5.74) is -0.226. The van der Waals surface area contributed by atoms with Crippen LogP contribution in [0.15, 0.2) is 0 Å². The summed E-state index contributed by atoms with van der Waals surface area (Å²) in [6.07, 6.45) is 1.62. The minimum Gasteiger partial charge on any atom is -0.446 e. The Morgan fingerprint density at radius 1 is 1.54 bits per heavy atom. The Morgan fingerprint density at radius 2 is 2.08 bits per heavy atom. The van der Waals surface area contributed by atoms with Gasteiger partial charge in [0.2, 0.25) is 0 Å². The molecule has 13 heavy (non-hydrogen) atoms. The summed E-state index contributed by atoms with van der Waals surface area (Å²) in [6.45, 7) is 7.66. The van der Waals surface area contributed by atoms with E-state index in [1.54, 1.807) is 11.8 Å². The summed E-state index contributed by atoms with van der Waals surface area (Å²) in [7, 11) is 0. The maximum Gasteiger partial charge on any atom is 0.407 e. The van der Waals surface area contributed by atoms with E-state index in [2.05, 4.69) is 5.32 Å². The van der Waals surface area contributed by atoms with Gasteiger partial charge in [-0.1, -0.05) is 0 Å². The van der Waals surface area contributed by atoms with E-state index in [0.29, 0.717) is 0 Å². The fraction of sp³-hybridized carbons (Fsp3) is 0.889. The molecule has 0 aromatic heterocycles. The molecule has 0 unspecified atom stereocenters. The third-order valence-corrected chi connectivity index (χ3v) is 1.99. The first-order chi connectivity index (χ1) is 5.85. The van der Waals surface area contributed by atoms with Crippen molar-refractivity contribution in [2.45, 2.75) is 39.3 Å². The molecule has 4 heteroatoms. The number of hydrogen-bond acceptors (Lipinski definition) is 3. The topological polar surface area (TPSA) is 38.3 Å². The smallest absolute Gasteiger partial charge is 0.407 e. The summed E-state index contributed by atoms with van der Waals surface area (Å²) in [5, 5.41) is 2.74. The lowest BCUT2D eigenvalue weighted by atomic mass is 10.1. The van der Waals surface area contributed by atoms with E-state index in [-0.39, 0.29) is 17.7 Å². The lowest BCUT2D eigenvalue weighted by molar-refractivity contribution is 0.110.